The fraction of sp³-hybridized carbons (Fsp3) is 0.688. The Morgan fingerprint density at radius 3 is 2.08 bits per heavy atom. The van der Waals surface area contributed by atoms with E-state index >= 15 is 0 Å². The van der Waals surface area contributed by atoms with Gasteiger partial charge in [-0.15, -0.1) is 0 Å². The summed E-state index contributed by atoms with van der Waals surface area (Å²) in [5.74, 6) is -3.31. The van der Waals surface area contributed by atoms with Gasteiger partial charge in [-0.2, -0.15) is 0 Å². The van der Waals surface area contributed by atoms with Crippen molar-refractivity contribution >= 4 is 29.7 Å². The second-order valence-corrected chi connectivity index (χ2v) is 5.88. The van der Waals surface area contributed by atoms with Gasteiger partial charge in [0.15, 0.2) is 6.10 Å². The average molecular weight is 373 g/mol. The van der Waals surface area contributed by atoms with Gasteiger partial charge >= 0.3 is 11.9 Å². The SMILES string of the molecule is CC(=O)NCCCC[C@H](NC(C)=O)C(=O)N[C@H](C)C(=O)O[C@@H](C)C(=O)O. The Morgan fingerprint density at radius 1 is 0.962 bits per heavy atom. The maximum Gasteiger partial charge on any atom is 0.344 e. The van der Waals surface area contributed by atoms with Crippen LogP contribution in [0.15, 0.2) is 0 Å². The van der Waals surface area contributed by atoms with Gasteiger partial charge in [-0.05, 0) is 33.1 Å². The molecule has 0 spiro atoms. The lowest BCUT2D eigenvalue weighted by molar-refractivity contribution is -0.164. The number of carboxylic acid groups (broad SMARTS) is 1. The molecule has 0 rings (SSSR count). The lowest BCUT2D eigenvalue weighted by Gasteiger charge is -2.21. The van der Waals surface area contributed by atoms with Gasteiger partial charge in [0.1, 0.15) is 12.1 Å². The van der Waals surface area contributed by atoms with Crippen LogP contribution in [0.4, 0.5) is 0 Å². The third-order valence-electron chi connectivity index (χ3n) is 3.34. The van der Waals surface area contributed by atoms with Crippen LogP contribution in [0.3, 0.4) is 0 Å². The Balaban J connectivity index is 4.56. The number of hydrogen-bond acceptors (Lipinski definition) is 6. The van der Waals surface area contributed by atoms with E-state index in [1.165, 1.54) is 27.7 Å². The number of nitrogens with one attached hydrogen (secondary N) is 3. The summed E-state index contributed by atoms with van der Waals surface area (Å²) >= 11 is 0. The summed E-state index contributed by atoms with van der Waals surface area (Å²) in [5, 5.41) is 16.2. The number of rotatable bonds is 11. The van der Waals surface area contributed by atoms with Crippen molar-refractivity contribution in [2.24, 2.45) is 0 Å². The molecule has 0 fully saturated rings. The van der Waals surface area contributed by atoms with Gasteiger partial charge in [0.2, 0.25) is 17.7 Å². The molecule has 3 atom stereocenters. The normalized spacial score (nSPS) is 13.7. The minimum absolute atomic E-state index is 0.149. The molecule has 0 aromatic carbocycles. The highest BCUT2D eigenvalue weighted by atomic mass is 16.6. The number of amides is 3. The molecule has 0 heterocycles. The molecular formula is C16H27N3O7. The van der Waals surface area contributed by atoms with Gasteiger partial charge in [-0.25, -0.2) is 9.59 Å². The predicted octanol–water partition coefficient (Wildman–Crippen LogP) is -0.681. The van der Waals surface area contributed by atoms with Gasteiger partial charge in [0.25, 0.3) is 0 Å². The molecule has 0 aromatic rings. The molecule has 10 nitrogen and oxygen atoms in total. The summed E-state index contributed by atoms with van der Waals surface area (Å²) in [7, 11) is 0. The number of aliphatic carboxylic acids is 1. The molecule has 0 radical (unpaired) electrons. The average Bonchev–Trinajstić information content (AvgIpc) is 2.52. The number of carbonyl (C=O) groups excluding carboxylic acids is 4. The second-order valence-electron chi connectivity index (χ2n) is 5.88. The summed E-state index contributed by atoms with van der Waals surface area (Å²) in [5.41, 5.74) is 0. The van der Waals surface area contributed by atoms with Gasteiger partial charge in [-0.3, -0.25) is 14.4 Å². The van der Waals surface area contributed by atoms with Crippen LogP contribution in [-0.4, -0.2) is 59.5 Å². The van der Waals surface area contributed by atoms with Crippen LogP contribution < -0.4 is 16.0 Å². The molecular weight excluding hydrogens is 346 g/mol. The molecule has 148 valence electrons. The molecule has 10 heteroatoms. The summed E-state index contributed by atoms with van der Waals surface area (Å²) in [6.45, 7) is 5.68. The first-order chi connectivity index (χ1) is 12.0. The standard InChI is InChI=1S/C16H27N3O7/c1-9(16(25)26-10(2)15(23)24)18-14(22)13(19-12(4)21)7-5-6-8-17-11(3)20/h9-10,13H,5-8H2,1-4H3,(H,17,20)(H,18,22)(H,19,21)(H,23,24)/t9-,10+,13+/m1/s1. The molecule has 0 bridgehead atoms. The van der Waals surface area contributed by atoms with Crippen molar-refractivity contribution in [3.05, 3.63) is 0 Å². The Bertz CT molecular complexity index is 536. The van der Waals surface area contributed by atoms with Crippen molar-refractivity contribution < 1.29 is 33.8 Å². The highest BCUT2D eigenvalue weighted by molar-refractivity contribution is 5.90. The van der Waals surface area contributed by atoms with E-state index in [2.05, 4.69) is 16.0 Å². The highest BCUT2D eigenvalue weighted by Gasteiger charge is 2.26. The van der Waals surface area contributed by atoms with E-state index in [0.29, 0.717) is 25.8 Å². The number of carbonyl (C=O) groups is 5. The summed E-state index contributed by atoms with van der Waals surface area (Å²) in [6.07, 6.45) is 0.171. The van der Waals surface area contributed by atoms with Crippen molar-refractivity contribution in [1.82, 2.24) is 16.0 Å². The highest BCUT2D eigenvalue weighted by Crippen LogP contribution is 2.03. The van der Waals surface area contributed by atoms with E-state index < -0.39 is 41.9 Å². The Morgan fingerprint density at radius 2 is 1.58 bits per heavy atom. The second kappa shape index (κ2) is 11.8. The smallest absolute Gasteiger partial charge is 0.344 e. The Labute approximate surface area is 152 Å². The summed E-state index contributed by atoms with van der Waals surface area (Å²) in [4.78, 5) is 56.8. The first-order valence-corrected chi connectivity index (χ1v) is 8.29. The Hall–Kier alpha value is -2.65. The number of carboxylic acids is 1. The van der Waals surface area contributed by atoms with Crippen LogP contribution in [0.2, 0.25) is 0 Å². The van der Waals surface area contributed by atoms with E-state index in [1.807, 2.05) is 0 Å². The molecule has 0 saturated carbocycles. The minimum Gasteiger partial charge on any atom is -0.479 e. The first-order valence-electron chi connectivity index (χ1n) is 8.29. The van der Waals surface area contributed by atoms with Gasteiger partial charge in [0, 0.05) is 20.4 Å². The minimum atomic E-state index is -1.33. The van der Waals surface area contributed by atoms with E-state index in [4.69, 9.17) is 9.84 Å². The fourth-order valence-electron chi connectivity index (χ4n) is 1.95. The molecule has 26 heavy (non-hydrogen) atoms. The summed E-state index contributed by atoms with van der Waals surface area (Å²) < 4.78 is 4.69. The first kappa shape index (κ1) is 23.4. The molecule has 3 amide bonds. The zero-order valence-corrected chi connectivity index (χ0v) is 15.5. The molecule has 0 unspecified atom stereocenters. The van der Waals surface area contributed by atoms with Crippen LogP contribution in [0.25, 0.3) is 0 Å². The molecule has 0 saturated heterocycles. The van der Waals surface area contributed by atoms with E-state index in [0.717, 1.165) is 0 Å². The van der Waals surface area contributed by atoms with Gasteiger partial charge < -0.3 is 25.8 Å². The summed E-state index contributed by atoms with van der Waals surface area (Å²) in [6, 6.07) is -1.92. The maximum atomic E-state index is 12.3. The maximum absolute atomic E-state index is 12.3. The molecule has 0 aliphatic heterocycles. The number of esters is 1. The largest absolute Gasteiger partial charge is 0.479 e. The molecule has 4 N–H and O–H groups in total. The van der Waals surface area contributed by atoms with Crippen LogP contribution in [0, 0.1) is 0 Å². The lowest BCUT2D eigenvalue weighted by Crippen LogP contribution is -2.51. The van der Waals surface area contributed by atoms with Crippen LogP contribution in [0.1, 0.15) is 47.0 Å². The zero-order valence-electron chi connectivity index (χ0n) is 15.5. The van der Waals surface area contributed by atoms with Crippen molar-refractivity contribution in [1.29, 1.82) is 0 Å². The number of ether oxygens (including phenoxy) is 1. The quantitative estimate of drug-likeness (QED) is 0.277. The Kier molecular flexibility index (Phi) is 10.6. The van der Waals surface area contributed by atoms with Crippen LogP contribution in [0.5, 0.6) is 0 Å². The van der Waals surface area contributed by atoms with Gasteiger partial charge in [-0.1, -0.05) is 0 Å². The number of hydrogen-bond donors (Lipinski definition) is 4. The lowest BCUT2D eigenvalue weighted by atomic mass is 10.1. The van der Waals surface area contributed by atoms with Gasteiger partial charge in [0.05, 0.1) is 0 Å². The van der Waals surface area contributed by atoms with Crippen LogP contribution >= 0.6 is 0 Å². The van der Waals surface area contributed by atoms with Crippen molar-refractivity contribution in [3.63, 3.8) is 0 Å². The predicted molar refractivity (Wildman–Crippen MR) is 90.9 cm³/mol. The zero-order chi connectivity index (χ0) is 20.3. The fourth-order valence-corrected chi connectivity index (χ4v) is 1.95. The third kappa shape index (κ3) is 10.3. The van der Waals surface area contributed by atoms with Crippen molar-refractivity contribution in [2.45, 2.75) is 65.1 Å². The molecule has 0 aromatic heterocycles. The molecule has 0 aliphatic carbocycles. The monoisotopic (exact) mass is 373 g/mol. The van der Waals surface area contributed by atoms with E-state index in [1.54, 1.807) is 0 Å². The van der Waals surface area contributed by atoms with Crippen molar-refractivity contribution in [3.8, 4) is 0 Å². The third-order valence-corrected chi connectivity index (χ3v) is 3.34. The number of unbranched alkanes of at least 4 members (excludes halogenated alkanes) is 1. The molecule has 0 aliphatic rings. The van der Waals surface area contributed by atoms with Crippen molar-refractivity contribution in [2.75, 3.05) is 6.54 Å². The van der Waals surface area contributed by atoms with E-state index in [-0.39, 0.29) is 5.91 Å². The van der Waals surface area contributed by atoms with Crippen LogP contribution in [-0.2, 0) is 28.7 Å². The van der Waals surface area contributed by atoms with E-state index in [9.17, 15) is 24.0 Å². The topological polar surface area (TPSA) is 151 Å².